The number of amides is 1. The lowest BCUT2D eigenvalue weighted by molar-refractivity contribution is -0.117. The van der Waals surface area contributed by atoms with Gasteiger partial charge in [0.25, 0.3) is 0 Å². The first-order valence-corrected chi connectivity index (χ1v) is 9.36. The fourth-order valence-corrected chi connectivity index (χ4v) is 3.69. The van der Waals surface area contributed by atoms with Crippen molar-refractivity contribution in [1.82, 2.24) is 4.98 Å². The second kappa shape index (κ2) is 10.4. The summed E-state index contributed by atoms with van der Waals surface area (Å²) in [7, 11) is 0. The molecular formula is C22H25Cl2N3O2. The molecule has 4 rings (SSSR count). The van der Waals surface area contributed by atoms with Crippen molar-refractivity contribution in [1.29, 1.82) is 0 Å². The average molecular weight is 434 g/mol. The third-order valence-corrected chi connectivity index (χ3v) is 5.12. The molecule has 0 bridgehead atoms. The van der Waals surface area contributed by atoms with Crippen molar-refractivity contribution in [2.24, 2.45) is 11.7 Å². The SMILES string of the molecule is Cl.Cl.N[C@@H]1CCC[C@H]1CC(=O)Nc1cccc(Oc2ccnc3ccccc23)c1. The van der Waals surface area contributed by atoms with E-state index in [1.54, 1.807) is 6.20 Å². The Morgan fingerprint density at radius 1 is 1.10 bits per heavy atom. The second-order valence-corrected chi connectivity index (χ2v) is 7.06. The molecule has 5 nitrogen and oxygen atoms in total. The third kappa shape index (κ3) is 5.60. The molecule has 1 fully saturated rings. The number of pyridine rings is 1. The first-order valence-electron chi connectivity index (χ1n) is 9.36. The molecule has 2 atom stereocenters. The smallest absolute Gasteiger partial charge is 0.224 e. The maximum absolute atomic E-state index is 12.3. The number of hydrogen-bond acceptors (Lipinski definition) is 4. The minimum absolute atomic E-state index is 0. The van der Waals surface area contributed by atoms with Crippen LogP contribution >= 0.6 is 24.8 Å². The van der Waals surface area contributed by atoms with E-state index < -0.39 is 0 Å². The molecule has 1 aliphatic rings. The Labute approximate surface area is 182 Å². The Hall–Kier alpha value is -2.34. The second-order valence-electron chi connectivity index (χ2n) is 7.06. The Morgan fingerprint density at radius 3 is 2.72 bits per heavy atom. The van der Waals surface area contributed by atoms with Crippen LogP contribution < -0.4 is 15.8 Å². The van der Waals surface area contributed by atoms with Gasteiger partial charge in [-0.25, -0.2) is 0 Å². The van der Waals surface area contributed by atoms with Crippen molar-refractivity contribution in [2.45, 2.75) is 31.7 Å². The first kappa shape index (κ1) is 22.9. The van der Waals surface area contributed by atoms with Crippen LogP contribution in [0.2, 0.25) is 0 Å². The van der Waals surface area contributed by atoms with Gasteiger partial charge in [-0.2, -0.15) is 0 Å². The number of ether oxygens (including phenoxy) is 1. The number of halogens is 2. The van der Waals surface area contributed by atoms with E-state index in [0.29, 0.717) is 12.2 Å². The highest BCUT2D eigenvalue weighted by atomic mass is 35.5. The summed E-state index contributed by atoms with van der Waals surface area (Å²) in [6.45, 7) is 0. The maximum Gasteiger partial charge on any atom is 0.224 e. The number of para-hydroxylation sites is 1. The van der Waals surface area contributed by atoms with Crippen LogP contribution in [0.4, 0.5) is 5.69 Å². The zero-order chi connectivity index (χ0) is 18.6. The molecule has 29 heavy (non-hydrogen) atoms. The van der Waals surface area contributed by atoms with Crippen LogP contribution in [0.3, 0.4) is 0 Å². The third-order valence-electron chi connectivity index (χ3n) is 5.12. The number of fused-ring (bicyclic) bond motifs is 1. The van der Waals surface area contributed by atoms with Gasteiger partial charge >= 0.3 is 0 Å². The summed E-state index contributed by atoms with van der Waals surface area (Å²) >= 11 is 0. The minimum atomic E-state index is 0. The fourth-order valence-electron chi connectivity index (χ4n) is 3.69. The van der Waals surface area contributed by atoms with Crippen molar-refractivity contribution < 1.29 is 9.53 Å². The van der Waals surface area contributed by atoms with E-state index in [2.05, 4.69) is 10.3 Å². The molecule has 0 radical (unpaired) electrons. The molecule has 0 aliphatic heterocycles. The summed E-state index contributed by atoms with van der Waals surface area (Å²) in [5.41, 5.74) is 7.68. The van der Waals surface area contributed by atoms with Gasteiger partial charge in [-0.3, -0.25) is 9.78 Å². The summed E-state index contributed by atoms with van der Waals surface area (Å²) in [4.78, 5) is 16.7. The highest BCUT2D eigenvalue weighted by molar-refractivity contribution is 5.91. The molecule has 1 heterocycles. The first-order chi connectivity index (χ1) is 13.2. The van der Waals surface area contributed by atoms with Crippen molar-refractivity contribution in [3.05, 3.63) is 60.8 Å². The summed E-state index contributed by atoms with van der Waals surface area (Å²) in [5, 5.41) is 3.91. The topological polar surface area (TPSA) is 77.2 Å². The zero-order valence-electron chi connectivity index (χ0n) is 15.9. The highest BCUT2D eigenvalue weighted by Crippen LogP contribution is 2.30. The molecule has 2 aromatic carbocycles. The minimum Gasteiger partial charge on any atom is -0.457 e. The maximum atomic E-state index is 12.3. The lowest BCUT2D eigenvalue weighted by Gasteiger charge is -2.15. The number of nitrogens with two attached hydrogens (primary N) is 1. The monoisotopic (exact) mass is 433 g/mol. The van der Waals surface area contributed by atoms with Gasteiger partial charge in [0.1, 0.15) is 11.5 Å². The molecule has 7 heteroatoms. The van der Waals surface area contributed by atoms with Crippen LogP contribution in [0.1, 0.15) is 25.7 Å². The molecule has 0 spiro atoms. The van der Waals surface area contributed by atoms with Crippen LogP contribution in [0.25, 0.3) is 10.9 Å². The van der Waals surface area contributed by atoms with Gasteiger partial charge < -0.3 is 15.8 Å². The molecule has 0 saturated heterocycles. The number of carbonyl (C=O) groups excluding carboxylic acids is 1. The lowest BCUT2D eigenvalue weighted by atomic mass is 10.00. The number of anilines is 1. The quantitative estimate of drug-likeness (QED) is 0.569. The molecule has 1 amide bonds. The van der Waals surface area contributed by atoms with E-state index in [9.17, 15) is 4.79 Å². The van der Waals surface area contributed by atoms with E-state index in [-0.39, 0.29) is 42.7 Å². The lowest BCUT2D eigenvalue weighted by Crippen LogP contribution is -2.28. The van der Waals surface area contributed by atoms with Crippen LogP contribution in [-0.2, 0) is 4.79 Å². The number of benzene rings is 2. The molecule has 1 aliphatic carbocycles. The Balaban J connectivity index is 0.00000150. The zero-order valence-corrected chi connectivity index (χ0v) is 17.5. The number of rotatable bonds is 5. The largest absolute Gasteiger partial charge is 0.457 e. The summed E-state index contributed by atoms with van der Waals surface area (Å²) in [6.07, 6.45) is 5.37. The van der Waals surface area contributed by atoms with Gasteiger partial charge in [0.05, 0.1) is 5.52 Å². The number of nitrogens with zero attached hydrogens (tertiary/aromatic N) is 1. The molecule has 3 N–H and O–H groups in total. The number of aromatic nitrogens is 1. The predicted molar refractivity (Wildman–Crippen MR) is 121 cm³/mol. The van der Waals surface area contributed by atoms with Gasteiger partial charge in [-0.05, 0) is 49.1 Å². The number of hydrogen-bond donors (Lipinski definition) is 2. The van der Waals surface area contributed by atoms with E-state index in [1.165, 1.54) is 0 Å². The fraction of sp³-hybridized carbons (Fsp3) is 0.273. The molecular weight excluding hydrogens is 409 g/mol. The predicted octanol–water partition coefficient (Wildman–Crippen LogP) is 5.33. The van der Waals surface area contributed by atoms with Gasteiger partial charge in [0.2, 0.25) is 5.91 Å². The number of carbonyl (C=O) groups is 1. The van der Waals surface area contributed by atoms with E-state index in [1.807, 2.05) is 54.6 Å². The van der Waals surface area contributed by atoms with Gasteiger partial charge in [0, 0.05) is 35.8 Å². The summed E-state index contributed by atoms with van der Waals surface area (Å²) < 4.78 is 6.05. The van der Waals surface area contributed by atoms with Gasteiger partial charge in [-0.1, -0.05) is 24.6 Å². The van der Waals surface area contributed by atoms with Crippen molar-refractivity contribution in [2.75, 3.05) is 5.32 Å². The van der Waals surface area contributed by atoms with Crippen LogP contribution in [0.15, 0.2) is 60.8 Å². The Bertz CT molecular complexity index is 962. The summed E-state index contributed by atoms with van der Waals surface area (Å²) in [6, 6.07) is 17.3. The van der Waals surface area contributed by atoms with Crippen LogP contribution in [-0.4, -0.2) is 16.9 Å². The van der Waals surface area contributed by atoms with E-state index in [0.717, 1.165) is 41.6 Å². The van der Waals surface area contributed by atoms with Crippen LogP contribution in [0, 0.1) is 5.92 Å². The van der Waals surface area contributed by atoms with E-state index in [4.69, 9.17) is 10.5 Å². The molecule has 3 aromatic rings. The molecule has 154 valence electrons. The summed E-state index contributed by atoms with van der Waals surface area (Å²) in [5.74, 6) is 1.69. The highest BCUT2D eigenvalue weighted by Gasteiger charge is 2.26. The Kier molecular flexibility index (Phi) is 8.26. The van der Waals surface area contributed by atoms with Crippen molar-refractivity contribution in [3.8, 4) is 11.5 Å². The van der Waals surface area contributed by atoms with Crippen molar-refractivity contribution in [3.63, 3.8) is 0 Å². The average Bonchev–Trinajstić information content (AvgIpc) is 3.07. The van der Waals surface area contributed by atoms with Crippen molar-refractivity contribution >= 4 is 47.3 Å². The molecule has 1 saturated carbocycles. The normalized spacial score (nSPS) is 17.8. The standard InChI is InChI=1S/C22H23N3O2.2ClH/c23-19-9-3-5-15(19)13-22(26)25-16-6-4-7-17(14-16)27-21-11-12-24-20-10-2-1-8-18(20)21;;/h1-2,4,6-8,10-12,14-15,19H,3,5,9,13,23H2,(H,25,26);2*1H/t15-,19+;;/m0../s1. The van der Waals surface area contributed by atoms with Gasteiger partial charge in [0.15, 0.2) is 0 Å². The van der Waals surface area contributed by atoms with Gasteiger partial charge in [-0.15, -0.1) is 24.8 Å². The molecule has 0 unspecified atom stereocenters. The Morgan fingerprint density at radius 2 is 1.93 bits per heavy atom. The molecule has 1 aromatic heterocycles. The van der Waals surface area contributed by atoms with Crippen LogP contribution in [0.5, 0.6) is 11.5 Å². The number of nitrogens with one attached hydrogen (secondary N) is 1. The van der Waals surface area contributed by atoms with E-state index >= 15 is 0 Å².